The molecule has 26 heavy (non-hydrogen) atoms. The van der Waals surface area contributed by atoms with Gasteiger partial charge < -0.3 is 19.7 Å². The Morgan fingerprint density at radius 2 is 2.08 bits per heavy atom. The number of aromatic nitrogens is 2. The third kappa shape index (κ3) is 3.03. The summed E-state index contributed by atoms with van der Waals surface area (Å²) in [4.78, 5) is 34.4. The quantitative estimate of drug-likeness (QED) is 0.855. The molecule has 1 aromatic carbocycles. The first-order valence-electron chi connectivity index (χ1n) is 8.56. The molecule has 1 fully saturated rings. The van der Waals surface area contributed by atoms with Crippen molar-refractivity contribution in [1.29, 1.82) is 0 Å². The van der Waals surface area contributed by atoms with Crippen molar-refractivity contribution in [1.82, 2.24) is 9.97 Å². The number of amides is 1. The topological polar surface area (TPSA) is 96.5 Å². The summed E-state index contributed by atoms with van der Waals surface area (Å²) in [6.07, 6.45) is 0.196. The van der Waals surface area contributed by atoms with Crippen molar-refractivity contribution < 1.29 is 14.3 Å². The van der Waals surface area contributed by atoms with E-state index in [4.69, 9.17) is 9.47 Å². The molecule has 1 atom stereocenters. The number of methoxy groups -OCH3 is 1. The van der Waals surface area contributed by atoms with Crippen LogP contribution >= 0.6 is 0 Å². The molecule has 0 aliphatic carbocycles. The maximum Gasteiger partial charge on any atom is 0.258 e. The van der Waals surface area contributed by atoms with Crippen LogP contribution in [-0.4, -0.2) is 49.3 Å². The average molecular weight is 356 g/mol. The number of aromatic amines is 1. The molecule has 2 aliphatic heterocycles. The van der Waals surface area contributed by atoms with Gasteiger partial charge in [0.05, 0.1) is 25.9 Å². The Bertz CT molecular complexity index is 889. The van der Waals surface area contributed by atoms with Crippen LogP contribution in [0.5, 0.6) is 5.75 Å². The fourth-order valence-corrected chi connectivity index (χ4v) is 3.43. The number of rotatable bonds is 3. The van der Waals surface area contributed by atoms with Gasteiger partial charge in [-0.05, 0) is 17.7 Å². The Balaban J connectivity index is 1.77. The number of nitrogens with one attached hydrogen (secondary N) is 2. The van der Waals surface area contributed by atoms with Gasteiger partial charge in [-0.1, -0.05) is 12.1 Å². The number of hydrogen-bond acceptors (Lipinski definition) is 6. The van der Waals surface area contributed by atoms with E-state index in [0.29, 0.717) is 49.4 Å². The third-order valence-electron chi connectivity index (χ3n) is 4.75. The molecule has 1 aromatic heterocycles. The van der Waals surface area contributed by atoms with Gasteiger partial charge in [-0.15, -0.1) is 0 Å². The molecule has 4 rings (SSSR count). The predicted octanol–water partition coefficient (Wildman–Crippen LogP) is 1.09. The smallest absolute Gasteiger partial charge is 0.258 e. The number of carbonyl (C=O) groups excluding carboxylic acids is 1. The van der Waals surface area contributed by atoms with Crippen LogP contribution in [0.15, 0.2) is 29.1 Å². The maximum absolute atomic E-state index is 12.8. The summed E-state index contributed by atoms with van der Waals surface area (Å²) >= 11 is 0. The van der Waals surface area contributed by atoms with Gasteiger partial charge in [-0.3, -0.25) is 14.6 Å². The summed E-state index contributed by atoms with van der Waals surface area (Å²) in [5.41, 5.74) is 1.10. The molecular weight excluding hydrogens is 336 g/mol. The number of ether oxygens (including phenoxy) is 2. The molecule has 0 bridgehead atoms. The second kappa shape index (κ2) is 6.80. The Morgan fingerprint density at radius 3 is 2.85 bits per heavy atom. The number of anilines is 2. The van der Waals surface area contributed by atoms with Crippen LogP contribution in [0.2, 0.25) is 0 Å². The lowest BCUT2D eigenvalue weighted by Crippen LogP contribution is -2.40. The lowest BCUT2D eigenvalue weighted by Gasteiger charge is -2.29. The van der Waals surface area contributed by atoms with E-state index >= 15 is 0 Å². The molecule has 0 radical (unpaired) electrons. The van der Waals surface area contributed by atoms with Crippen molar-refractivity contribution in [3.05, 3.63) is 45.7 Å². The Morgan fingerprint density at radius 1 is 1.27 bits per heavy atom. The lowest BCUT2D eigenvalue weighted by molar-refractivity contribution is -0.116. The minimum absolute atomic E-state index is 0.156. The lowest BCUT2D eigenvalue weighted by atomic mass is 9.87. The SMILES string of the molecule is COc1cccc([C@@H]2CC(=O)Nc3nc(N4CCOCC4)[nH]c(=O)c32)c1. The Hall–Kier alpha value is -2.87. The molecule has 2 aromatic rings. The predicted molar refractivity (Wildman–Crippen MR) is 96.0 cm³/mol. The minimum atomic E-state index is -0.358. The molecule has 136 valence electrons. The molecule has 2 N–H and O–H groups in total. The molecule has 1 saturated heterocycles. The van der Waals surface area contributed by atoms with Crippen LogP contribution in [0.1, 0.15) is 23.5 Å². The highest BCUT2D eigenvalue weighted by atomic mass is 16.5. The van der Waals surface area contributed by atoms with Crippen LogP contribution in [0.4, 0.5) is 11.8 Å². The number of morpholine rings is 1. The van der Waals surface area contributed by atoms with E-state index in [0.717, 1.165) is 5.56 Å². The van der Waals surface area contributed by atoms with Crippen LogP contribution in [0.25, 0.3) is 0 Å². The molecule has 0 spiro atoms. The van der Waals surface area contributed by atoms with Gasteiger partial charge in [0.1, 0.15) is 11.6 Å². The number of benzene rings is 1. The highest BCUT2D eigenvalue weighted by Gasteiger charge is 2.31. The highest BCUT2D eigenvalue weighted by molar-refractivity contribution is 5.94. The zero-order chi connectivity index (χ0) is 18.1. The number of hydrogen-bond donors (Lipinski definition) is 2. The van der Waals surface area contributed by atoms with Crippen LogP contribution in [0, 0.1) is 0 Å². The van der Waals surface area contributed by atoms with Crippen molar-refractivity contribution in [3.8, 4) is 5.75 Å². The Labute approximate surface area is 150 Å². The van der Waals surface area contributed by atoms with Gasteiger partial charge in [0.25, 0.3) is 5.56 Å². The van der Waals surface area contributed by atoms with E-state index in [9.17, 15) is 9.59 Å². The van der Waals surface area contributed by atoms with Gasteiger partial charge in [0, 0.05) is 25.4 Å². The van der Waals surface area contributed by atoms with Gasteiger partial charge in [-0.2, -0.15) is 4.98 Å². The minimum Gasteiger partial charge on any atom is -0.497 e. The van der Waals surface area contributed by atoms with E-state index in [1.165, 1.54) is 0 Å². The summed E-state index contributed by atoms with van der Waals surface area (Å²) in [7, 11) is 1.59. The second-order valence-corrected chi connectivity index (χ2v) is 6.33. The first-order chi connectivity index (χ1) is 12.7. The summed E-state index contributed by atoms with van der Waals surface area (Å²) in [6.45, 7) is 2.46. The molecule has 8 nitrogen and oxygen atoms in total. The van der Waals surface area contributed by atoms with Crippen molar-refractivity contribution in [3.63, 3.8) is 0 Å². The van der Waals surface area contributed by atoms with E-state index in [1.807, 2.05) is 29.2 Å². The third-order valence-corrected chi connectivity index (χ3v) is 4.75. The molecule has 8 heteroatoms. The maximum atomic E-state index is 12.8. The summed E-state index contributed by atoms with van der Waals surface area (Å²) in [5.74, 6) is 0.965. The number of carbonyl (C=O) groups is 1. The molecular formula is C18H20N4O4. The first-order valence-corrected chi connectivity index (χ1v) is 8.56. The number of nitrogens with zero attached hydrogens (tertiary/aromatic N) is 2. The van der Waals surface area contributed by atoms with Gasteiger partial charge >= 0.3 is 0 Å². The highest BCUT2D eigenvalue weighted by Crippen LogP contribution is 2.35. The standard InChI is InChI=1S/C18H20N4O4/c1-25-12-4-2-3-11(9-12)13-10-14(23)19-16-15(13)17(24)21-18(20-16)22-5-7-26-8-6-22/h2-4,9,13H,5-8,10H2,1H3,(H2,19,20,21,23,24)/t13-/m0/s1. The molecule has 3 heterocycles. The molecule has 1 amide bonds. The summed E-state index contributed by atoms with van der Waals surface area (Å²) in [5, 5.41) is 2.75. The van der Waals surface area contributed by atoms with E-state index < -0.39 is 0 Å². The van der Waals surface area contributed by atoms with Crippen LogP contribution in [-0.2, 0) is 9.53 Å². The summed E-state index contributed by atoms with van der Waals surface area (Å²) in [6, 6.07) is 7.43. The van der Waals surface area contributed by atoms with Crippen molar-refractivity contribution in [2.75, 3.05) is 43.6 Å². The van der Waals surface area contributed by atoms with E-state index in [2.05, 4.69) is 15.3 Å². The summed E-state index contributed by atoms with van der Waals surface area (Å²) < 4.78 is 10.6. The van der Waals surface area contributed by atoms with E-state index in [1.54, 1.807) is 7.11 Å². The monoisotopic (exact) mass is 356 g/mol. The first kappa shape index (κ1) is 16.6. The Kier molecular flexibility index (Phi) is 4.34. The fraction of sp³-hybridized carbons (Fsp3) is 0.389. The molecule has 2 aliphatic rings. The van der Waals surface area contributed by atoms with Crippen molar-refractivity contribution >= 4 is 17.7 Å². The van der Waals surface area contributed by atoms with Crippen molar-refractivity contribution in [2.45, 2.75) is 12.3 Å². The van der Waals surface area contributed by atoms with Crippen LogP contribution < -0.4 is 20.5 Å². The molecule has 0 saturated carbocycles. The zero-order valence-electron chi connectivity index (χ0n) is 14.4. The van der Waals surface area contributed by atoms with Gasteiger partial charge in [-0.25, -0.2) is 0 Å². The van der Waals surface area contributed by atoms with Crippen molar-refractivity contribution in [2.24, 2.45) is 0 Å². The van der Waals surface area contributed by atoms with Gasteiger partial charge in [0.15, 0.2) is 0 Å². The average Bonchev–Trinajstić information content (AvgIpc) is 2.67. The number of fused-ring (bicyclic) bond motifs is 1. The normalized spacial score (nSPS) is 19.7. The molecule has 0 unspecified atom stereocenters. The zero-order valence-corrected chi connectivity index (χ0v) is 14.4. The fourth-order valence-electron chi connectivity index (χ4n) is 3.43. The van der Waals surface area contributed by atoms with Gasteiger partial charge in [0.2, 0.25) is 11.9 Å². The largest absolute Gasteiger partial charge is 0.497 e. The second-order valence-electron chi connectivity index (χ2n) is 6.33. The van der Waals surface area contributed by atoms with Crippen LogP contribution in [0.3, 0.4) is 0 Å². The van der Waals surface area contributed by atoms with E-state index in [-0.39, 0.29) is 23.8 Å². The number of H-pyrrole nitrogens is 1.